The number of rotatable bonds is 5. The van der Waals surface area contributed by atoms with Gasteiger partial charge < -0.3 is 9.64 Å². The van der Waals surface area contributed by atoms with E-state index < -0.39 is 11.2 Å². The molecule has 9 heteroatoms. The Bertz CT molecular complexity index is 1400. The summed E-state index contributed by atoms with van der Waals surface area (Å²) < 4.78 is 23.0. The van der Waals surface area contributed by atoms with Crippen LogP contribution in [-0.4, -0.2) is 39.1 Å². The van der Waals surface area contributed by atoms with Crippen LogP contribution in [0.1, 0.15) is 12.8 Å². The summed E-state index contributed by atoms with van der Waals surface area (Å²) in [5, 5.41) is 8.77. The molecule has 0 N–H and O–H groups in total. The van der Waals surface area contributed by atoms with Crippen molar-refractivity contribution in [1.82, 2.24) is 19.6 Å². The first-order valence-corrected chi connectivity index (χ1v) is 10.4. The molecular formula is C24H20FN5O3. The first-order chi connectivity index (χ1) is 16.1. The molecule has 0 radical (unpaired) electrons. The number of aromatic nitrogens is 4. The van der Waals surface area contributed by atoms with E-state index in [1.54, 1.807) is 34.0 Å². The molecule has 1 fully saturated rings. The first-order valence-electron chi connectivity index (χ1n) is 10.4. The van der Waals surface area contributed by atoms with Crippen LogP contribution in [0.4, 0.5) is 10.1 Å². The Labute approximate surface area is 188 Å². The summed E-state index contributed by atoms with van der Waals surface area (Å²) in [5.41, 5.74) is 1.45. The van der Waals surface area contributed by atoms with Gasteiger partial charge >= 0.3 is 0 Å². The van der Waals surface area contributed by atoms with Crippen LogP contribution < -0.4 is 15.1 Å². The minimum atomic E-state index is -0.550. The van der Waals surface area contributed by atoms with Gasteiger partial charge in [0.05, 0.1) is 30.9 Å². The fraction of sp³-hybridized carbons (Fsp3) is 0.167. The van der Waals surface area contributed by atoms with Crippen LogP contribution in [0.3, 0.4) is 0 Å². The zero-order valence-corrected chi connectivity index (χ0v) is 17.8. The van der Waals surface area contributed by atoms with Gasteiger partial charge in [0.25, 0.3) is 5.43 Å². The molecule has 1 saturated heterocycles. The Morgan fingerprint density at radius 1 is 1.03 bits per heavy atom. The highest BCUT2D eigenvalue weighted by Gasteiger charge is 2.24. The lowest BCUT2D eigenvalue weighted by Crippen LogP contribution is -2.24. The Kier molecular flexibility index (Phi) is 5.21. The molecule has 0 aliphatic carbocycles. The molecule has 1 aliphatic rings. The average Bonchev–Trinajstić information content (AvgIpc) is 3.49. The first kappa shape index (κ1) is 20.6. The summed E-state index contributed by atoms with van der Waals surface area (Å²) in [7, 11) is 1.37. The number of benzene rings is 2. The normalized spacial score (nSPS) is 13.5. The lowest BCUT2D eigenvalue weighted by Gasteiger charge is -2.18. The summed E-state index contributed by atoms with van der Waals surface area (Å²) in [6.45, 7) is 0.576. The van der Waals surface area contributed by atoms with Crippen molar-refractivity contribution in [2.45, 2.75) is 12.8 Å². The lowest BCUT2D eigenvalue weighted by molar-refractivity contribution is -0.117. The third kappa shape index (κ3) is 3.67. The topological polar surface area (TPSA) is 82.2 Å². The largest absolute Gasteiger partial charge is 0.491 e. The maximum Gasteiger partial charge on any atom is 0.251 e. The summed E-state index contributed by atoms with van der Waals surface area (Å²) in [6, 6.07) is 15.4. The van der Waals surface area contributed by atoms with Gasteiger partial charge in [-0.25, -0.2) is 13.8 Å². The summed E-state index contributed by atoms with van der Waals surface area (Å²) in [5.74, 6) is -0.556. The van der Waals surface area contributed by atoms with Gasteiger partial charge in [0.15, 0.2) is 11.4 Å². The summed E-state index contributed by atoms with van der Waals surface area (Å²) >= 11 is 0. The number of hydrogen-bond donors (Lipinski definition) is 0. The van der Waals surface area contributed by atoms with Gasteiger partial charge in [-0.1, -0.05) is 18.2 Å². The molecule has 0 bridgehead atoms. The van der Waals surface area contributed by atoms with Crippen molar-refractivity contribution in [3.8, 4) is 28.5 Å². The van der Waals surface area contributed by atoms with Crippen LogP contribution in [0.2, 0.25) is 0 Å². The number of ether oxygens (including phenoxy) is 1. The number of hydrogen-bond acceptors (Lipinski definition) is 5. The Hall–Kier alpha value is -4.27. The van der Waals surface area contributed by atoms with Crippen molar-refractivity contribution in [2.75, 3.05) is 18.6 Å². The molecule has 1 amide bonds. The molecule has 5 rings (SSSR count). The minimum Gasteiger partial charge on any atom is -0.491 e. The van der Waals surface area contributed by atoms with Crippen molar-refractivity contribution in [2.24, 2.45) is 0 Å². The second-order valence-electron chi connectivity index (χ2n) is 7.57. The van der Waals surface area contributed by atoms with Crippen LogP contribution in [0, 0.1) is 5.82 Å². The van der Waals surface area contributed by atoms with Gasteiger partial charge in [-0.15, -0.1) is 0 Å². The number of carbonyl (C=O) groups is 1. The predicted octanol–water partition coefficient (Wildman–Crippen LogP) is 3.36. The molecule has 0 saturated carbocycles. The molecule has 0 unspecified atom stereocenters. The fourth-order valence-electron chi connectivity index (χ4n) is 3.93. The van der Waals surface area contributed by atoms with E-state index in [0.29, 0.717) is 24.3 Å². The van der Waals surface area contributed by atoms with Crippen molar-refractivity contribution in [1.29, 1.82) is 0 Å². The number of nitrogens with zero attached hydrogens (tertiary/aromatic N) is 5. The Morgan fingerprint density at radius 3 is 2.58 bits per heavy atom. The molecule has 0 atom stereocenters. The van der Waals surface area contributed by atoms with E-state index in [0.717, 1.165) is 12.1 Å². The molecule has 2 aromatic carbocycles. The van der Waals surface area contributed by atoms with Crippen LogP contribution in [0.15, 0.2) is 71.8 Å². The number of methoxy groups -OCH3 is 1. The molecule has 2 aromatic heterocycles. The Morgan fingerprint density at radius 2 is 1.85 bits per heavy atom. The molecule has 8 nitrogen and oxygen atoms in total. The second-order valence-corrected chi connectivity index (χ2v) is 7.57. The molecule has 3 heterocycles. The van der Waals surface area contributed by atoms with Gasteiger partial charge in [-0.3, -0.25) is 9.59 Å². The van der Waals surface area contributed by atoms with Gasteiger partial charge in [-0.05, 0) is 42.8 Å². The van der Waals surface area contributed by atoms with E-state index >= 15 is 0 Å². The Balaban J connectivity index is 1.67. The third-order valence-corrected chi connectivity index (χ3v) is 5.55. The molecular weight excluding hydrogens is 425 g/mol. The molecule has 1 aliphatic heterocycles. The van der Waals surface area contributed by atoms with E-state index in [-0.39, 0.29) is 23.0 Å². The summed E-state index contributed by atoms with van der Waals surface area (Å²) in [6.07, 6.45) is 4.12. The molecule has 4 aromatic rings. The lowest BCUT2D eigenvalue weighted by atomic mass is 10.2. The van der Waals surface area contributed by atoms with Crippen molar-refractivity contribution in [3.05, 3.63) is 83.0 Å². The van der Waals surface area contributed by atoms with Crippen molar-refractivity contribution >= 4 is 11.6 Å². The highest BCUT2D eigenvalue weighted by Crippen LogP contribution is 2.27. The van der Waals surface area contributed by atoms with E-state index in [4.69, 9.17) is 4.74 Å². The number of halogens is 1. The number of para-hydroxylation sites is 1. The zero-order valence-electron chi connectivity index (χ0n) is 17.8. The van der Waals surface area contributed by atoms with Gasteiger partial charge in [0.2, 0.25) is 5.91 Å². The minimum absolute atomic E-state index is 0.00265. The van der Waals surface area contributed by atoms with Crippen LogP contribution in [-0.2, 0) is 4.79 Å². The third-order valence-electron chi connectivity index (χ3n) is 5.55. The molecule has 33 heavy (non-hydrogen) atoms. The maximum atomic E-state index is 14.9. The monoisotopic (exact) mass is 445 g/mol. The maximum absolute atomic E-state index is 14.9. The van der Waals surface area contributed by atoms with E-state index in [1.807, 2.05) is 30.3 Å². The van der Waals surface area contributed by atoms with E-state index in [1.165, 1.54) is 24.1 Å². The smallest absolute Gasteiger partial charge is 0.251 e. The number of anilines is 1. The number of carbonyl (C=O) groups excluding carboxylic acids is 1. The highest BCUT2D eigenvalue weighted by atomic mass is 19.1. The zero-order chi connectivity index (χ0) is 22.9. The van der Waals surface area contributed by atoms with Gasteiger partial charge in [0, 0.05) is 18.7 Å². The van der Waals surface area contributed by atoms with Crippen molar-refractivity contribution < 1.29 is 13.9 Å². The average molecular weight is 445 g/mol. The SMILES string of the molecule is COc1cn(-c2cc(N3CCCC3=O)ccc2F)nc(-c2ccnn2-c2ccccc2)c1=O. The molecule has 0 spiro atoms. The van der Waals surface area contributed by atoms with Crippen LogP contribution in [0.25, 0.3) is 22.8 Å². The van der Waals surface area contributed by atoms with E-state index in [9.17, 15) is 14.0 Å². The van der Waals surface area contributed by atoms with Gasteiger partial charge in [-0.2, -0.15) is 10.2 Å². The second kappa shape index (κ2) is 8.34. The van der Waals surface area contributed by atoms with Crippen LogP contribution in [0.5, 0.6) is 5.75 Å². The highest BCUT2D eigenvalue weighted by molar-refractivity contribution is 5.95. The molecule has 166 valence electrons. The fourth-order valence-corrected chi connectivity index (χ4v) is 3.93. The standard InChI is InChI=1S/C24H20FN5O3/c1-33-21-15-29(20-14-17(9-10-18(20)25)28-13-5-8-22(28)31)27-23(24(21)32)19-11-12-26-30(19)16-6-3-2-4-7-16/h2-4,6-7,9-12,14-15H,5,8,13H2,1H3. The quantitative estimate of drug-likeness (QED) is 0.471. The number of amides is 1. The van der Waals surface area contributed by atoms with E-state index in [2.05, 4.69) is 10.2 Å². The van der Waals surface area contributed by atoms with Crippen LogP contribution >= 0.6 is 0 Å². The predicted molar refractivity (Wildman–Crippen MR) is 120 cm³/mol. The van der Waals surface area contributed by atoms with Crippen molar-refractivity contribution in [3.63, 3.8) is 0 Å². The summed E-state index contributed by atoms with van der Waals surface area (Å²) in [4.78, 5) is 26.9. The van der Waals surface area contributed by atoms with Gasteiger partial charge in [0.1, 0.15) is 11.5 Å².